The number of thiazole rings is 1. The minimum atomic E-state index is -0.323. The predicted octanol–water partition coefficient (Wildman–Crippen LogP) is 3.53. The number of carbonyl (C=O) groups is 1. The number of aromatic nitrogens is 5. The highest BCUT2D eigenvalue weighted by Crippen LogP contribution is 2.21. The number of rotatable bonds is 5. The van der Waals surface area contributed by atoms with E-state index in [-0.39, 0.29) is 11.7 Å². The first-order valence-corrected chi connectivity index (χ1v) is 10.3. The van der Waals surface area contributed by atoms with E-state index in [1.165, 1.54) is 23.5 Å². The molecule has 4 heterocycles. The molecule has 5 aromatic rings. The topological polar surface area (TPSA) is 76.6 Å². The second-order valence-corrected chi connectivity index (χ2v) is 7.68. The van der Waals surface area contributed by atoms with Gasteiger partial charge in [-0.3, -0.25) is 9.20 Å². The number of nitrogens with one attached hydrogen (secondary N) is 1. The molecule has 5 rings (SSSR count). The molecule has 0 atom stereocenters. The van der Waals surface area contributed by atoms with Gasteiger partial charge in [0.2, 0.25) is 4.96 Å². The maximum absolute atomic E-state index is 13.5. The fourth-order valence-electron chi connectivity index (χ4n) is 3.42. The average Bonchev–Trinajstić information content (AvgIpc) is 3.40. The molecule has 0 fully saturated rings. The van der Waals surface area contributed by atoms with Crippen LogP contribution >= 0.6 is 11.3 Å². The molecule has 1 N–H and O–H groups in total. The Morgan fingerprint density at radius 2 is 2.10 bits per heavy atom. The van der Waals surface area contributed by atoms with Crippen LogP contribution in [-0.4, -0.2) is 36.4 Å². The van der Waals surface area contributed by atoms with Gasteiger partial charge in [0.05, 0.1) is 11.4 Å². The van der Waals surface area contributed by atoms with Crippen LogP contribution in [0.4, 0.5) is 4.39 Å². The Labute approximate surface area is 174 Å². The molecule has 0 aliphatic heterocycles. The van der Waals surface area contributed by atoms with Crippen molar-refractivity contribution in [1.29, 1.82) is 0 Å². The van der Waals surface area contributed by atoms with Crippen molar-refractivity contribution < 1.29 is 9.18 Å². The quantitative estimate of drug-likeness (QED) is 0.472. The summed E-state index contributed by atoms with van der Waals surface area (Å²) in [6.45, 7) is 2.27. The van der Waals surface area contributed by atoms with Gasteiger partial charge in [-0.15, -0.1) is 16.4 Å². The lowest BCUT2D eigenvalue weighted by molar-refractivity contribution is 0.0947. The lowest BCUT2D eigenvalue weighted by Crippen LogP contribution is -2.27. The van der Waals surface area contributed by atoms with Crippen molar-refractivity contribution in [3.63, 3.8) is 0 Å². The molecule has 4 aromatic heterocycles. The monoisotopic (exact) mass is 420 g/mol. The number of hydrogen-bond acceptors (Lipinski definition) is 5. The van der Waals surface area contributed by atoms with E-state index in [4.69, 9.17) is 0 Å². The summed E-state index contributed by atoms with van der Waals surface area (Å²) in [5, 5.41) is 9.44. The Bertz CT molecular complexity index is 1380. The Balaban J connectivity index is 1.32. The smallest absolute Gasteiger partial charge is 0.270 e. The lowest BCUT2D eigenvalue weighted by Gasteiger charge is -2.05. The molecular formula is C21H17FN6OS. The van der Waals surface area contributed by atoms with E-state index in [0.717, 1.165) is 16.3 Å². The zero-order chi connectivity index (χ0) is 20.7. The van der Waals surface area contributed by atoms with E-state index in [0.29, 0.717) is 35.7 Å². The zero-order valence-corrected chi connectivity index (χ0v) is 16.9. The first-order chi connectivity index (χ1) is 14.6. The van der Waals surface area contributed by atoms with Crippen LogP contribution in [0.15, 0.2) is 54.0 Å². The second-order valence-electron chi connectivity index (χ2n) is 6.85. The van der Waals surface area contributed by atoms with E-state index in [1.54, 1.807) is 21.0 Å². The number of benzene rings is 1. The number of carbonyl (C=O) groups excluding carboxylic acids is 1. The van der Waals surface area contributed by atoms with Crippen LogP contribution in [-0.2, 0) is 6.42 Å². The van der Waals surface area contributed by atoms with Crippen LogP contribution in [0.2, 0.25) is 0 Å². The number of halogens is 1. The van der Waals surface area contributed by atoms with Gasteiger partial charge in [-0.05, 0) is 31.2 Å². The van der Waals surface area contributed by atoms with Crippen molar-refractivity contribution in [2.75, 3.05) is 6.54 Å². The Morgan fingerprint density at radius 3 is 2.97 bits per heavy atom. The molecule has 0 bridgehead atoms. The fourth-order valence-corrected chi connectivity index (χ4v) is 4.28. The van der Waals surface area contributed by atoms with Crippen LogP contribution < -0.4 is 5.32 Å². The molecule has 150 valence electrons. The van der Waals surface area contributed by atoms with E-state index in [9.17, 15) is 9.18 Å². The number of aryl methyl sites for hydroxylation is 1. The van der Waals surface area contributed by atoms with Crippen molar-refractivity contribution in [3.05, 3.63) is 76.9 Å². The Kier molecular flexibility index (Phi) is 4.51. The molecule has 0 unspecified atom stereocenters. The summed E-state index contributed by atoms with van der Waals surface area (Å²) < 4.78 is 17.0. The minimum Gasteiger partial charge on any atom is -0.350 e. The van der Waals surface area contributed by atoms with Gasteiger partial charge in [-0.2, -0.15) is 4.98 Å². The van der Waals surface area contributed by atoms with Crippen LogP contribution in [0.5, 0.6) is 0 Å². The Morgan fingerprint density at radius 1 is 1.20 bits per heavy atom. The molecule has 0 aliphatic carbocycles. The molecule has 0 saturated carbocycles. The maximum Gasteiger partial charge on any atom is 0.270 e. The summed E-state index contributed by atoms with van der Waals surface area (Å²) in [6.07, 6.45) is 2.42. The average molecular weight is 420 g/mol. The van der Waals surface area contributed by atoms with Gasteiger partial charge in [0.15, 0.2) is 5.82 Å². The van der Waals surface area contributed by atoms with E-state index >= 15 is 0 Å². The van der Waals surface area contributed by atoms with Gasteiger partial charge in [-0.1, -0.05) is 18.2 Å². The third-order valence-electron chi connectivity index (χ3n) is 4.82. The van der Waals surface area contributed by atoms with Crippen molar-refractivity contribution in [1.82, 2.24) is 29.3 Å². The van der Waals surface area contributed by atoms with Crippen molar-refractivity contribution in [2.45, 2.75) is 13.3 Å². The summed E-state index contributed by atoms with van der Waals surface area (Å²) in [5.41, 5.74) is 3.53. The molecule has 0 saturated heterocycles. The van der Waals surface area contributed by atoms with Crippen molar-refractivity contribution >= 4 is 27.9 Å². The number of amides is 1. The maximum atomic E-state index is 13.5. The van der Waals surface area contributed by atoms with Crippen LogP contribution in [0.1, 0.15) is 21.9 Å². The van der Waals surface area contributed by atoms with Gasteiger partial charge in [-0.25, -0.2) is 13.9 Å². The van der Waals surface area contributed by atoms with Crippen LogP contribution in [0, 0.1) is 12.7 Å². The SMILES string of the molecule is Cc1nc2ccccn2c1C(=O)NCCc1csc2nc(-c3cccc(F)c3)nn12. The first kappa shape index (κ1) is 18.4. The molecule has 1 aromatic carbocycles. The summed E-state index contributed by atoms with van der Waals surface area (Å²) in [6, 6.07) is 11.8. The number of pyridine rings is 1. The molecule has 0 radical (unpaired) electrons. The summed E-state index contributed by atoms with van der Waals surface area (Å²) >= 11 is 1.46. The predicted molar refractivity (Wildman–Crippen MR) is 112 cm³/mol. The second kappa shape index (κ2) is 7.34. The van der Waals surface area contributed by atoms with Crippen molar-refractivity contribution in [3.8, 4) is 11.4 Å². The van der Waals surface area contributed by atoms with Gasteiger partial charge < -0.3 is 5.32 Å². The third-order valence-corrected chi connectivity index (χ3v) is 5.68. The minimum absolute atomic E-state index is 0.170. The number of fused-ring (bicyclic) bond motifs is 2. The molecular weight excluding hydrogens is 403 g/mol. The molecule has 1 amide bonds. The summed E-state index contributed by atoms with van der Waals surface area (Å²) in [4.78, 5) is 22.3. The van der Waals surface area contributed by atoms with Crippen LogP contribution in [0.25, 0.3) is 22.0 Å². The van der Waals surface area contributed by atoms with Gasteiger partial charge in [0.25, 0.3) is 5.91 Å². The summed E-state index contributed by atoms with van der Waals surface area (Å²) in [7, 11) is 0. The molecule has 0 spiro atoms. The van der Waals surface area contributed by atoms with E-state index in [1.807, 2.05) is 36.7 Å². The standard InChI is InChI=1S/C21H17FN6OS/c1-13-18(27-10-3-2-7-17(27)24-13)20(29)23-9-8-16-12-30-21-25-19(26-28(16)21)14-5-4-6-15(22)11-14/h2-7,10-12H,8-9H2,1H3,(H,23,29). The highest BCUT2D eigenvalue weighted by atomic mass is 32.1. The first-order valence-electron chi connectivity index (χ1n) is 9.41. The molecule has 7 nitrogen and oxygen atoms in total. The normalized spacial score (nSPS) is 11.4. The zero-order valence-electron chi connectivity index (χ0n) is 16.0. The van der Waals surface area contributed by atoms with E-state index < -0.39 is 0 Å². The van der Waals surface area contributed by atoms with Crippen molar-refractivity contribution in [2.24, 2.45) is 0 Å². The number of nitrogens with zero attached hydrogens (tertiary/aromatic N) is 5. The van der Waals surface area contributed by atoms with Gasteiger partial charge >= 0.3 is 0 Å². The number of hydrogen-bond donors (Lipinski definition) is 1. The van der Waals surface area contributed by atoms with Gasteiger partial charge in [0, 0.05) is 30.1 Å². The third kappa shape index (κ3) is 3.22. The molecule has 30 heavy (non-hydrogen) atoms. The van der Waals surface area contributed by atoms with E-state index in [2.05, 4.69) is 20.4 Å². The summed E-state index contributed by atoms with van der Waals surface area (Å²) in [5.74, 6) is -0.0130. The highest BCUT2D eigenvalue weighted by Gasteiger charge is 2.17. The largest absolute Gasteiger partial charge is 0.350 e. The lowest BCUT2D eigenvalue weighted by atomic mass is 10.2. The molecule has 0 aliphatic rings. The highest BCUT2D eigenvalue weighted by molar-refractivity contribution is 7.15. The van der Waals surface area contributed by atoms with Gasteiger partial charge in [0.1, 0.15) is 17.2 Å². The van der Waals surface area contributed by atoms with Crippen LogP contribution in [0.3, 0.4) is 0 Å². The Hall–Kier alpha value is -3.59. The fraction of sp³-hybridized carbons (Fsp3) is 0.143. The molecule has 9 heteroatoms. The number of imidazole rings is 1.